The fraction of sp³-hybridized carbons (Fsp3) is 0.200. The Kier molecular flexibility index (Phi) is 3.46. The number of rotatable bonds is 5. The summed E-state index contributed by atoms with van der Waals surface area (Å²) in [6, 6.07) is 3.62. The van der Waals surface area contributed by atoms with Crippen molar-refractivity contribution in [1.29, 1.82) is 0 Å². The summed E-state index contributed by atoms with van der Waals surface area (Å²) in [6.45, 7) is 0.415. The number of nitro groups is 2. The SMILES string of the molecule is O=[N+]([O-])c1ccc(CCn2ccnn2)c([N+](=O)[O-])c1. The molecule has 0 saturated heterocycles. The van der Waals surface area contributed by atoms with E-state index in [0.717, 1.165) is 6.07 Å². The molecule has 2 rings (SSSR count). The molecule has 0 spiro atoms. The lowest BCUT2D eigenvalue weighted by molar-refractivity contribution is -0.394. The van der Waals surface area contributed by atoms with E-state index in [1.54, 1.807) is 6.20 Å². The maximum Gasteiger partial charge on any atom is 0.279 e. The molecule has 9 heteroatoms. The summed E-state index contributed by atoms with van der Waals surface area (Å²) in [6.07, 6.45) is 3.49. The highest BCUT2D eigenvalue weighted by Crippen LogP contribution is 2.25. The van der Waals surface area contributed by atoms with Gasteiger partial charge in [0.15, 0.2) is 0 Å². The van der Waals surface area contributed by atoms with Crippen molar-refractivity contribution in [3.05, 3.63) is 56.4 Å². The van der Waals surface area contributed by atoms with Crippen molar-refractivity contribution in [2.75, 3.05) is 0 Å². The Balaban J connectivity index is 2.24. The van der Waals surface area contributed by atoms with Gasteiger partial charge in [-0.1, -0.05) is 5.21 Å². The lowest BCUT2D eigenvalue weighted by Crippen LogP contribution is -2.05. The molecular formula is C10H9N5O4. The standard InChI is InChI=1S/C10H9N5O4/c16-14(17)9-2-1-8(10(7-9)15(18)19)3-5-13-6-4-11-12-13/h1-2,4,6-7H,3,5H2. The number of non-ortho nitro benzene ring substituents is 1. The highest BCUT2D eigenvalue weighted by molar-refractivity contribution is 5.49. The molecule has 9 nitrogen and oxygen atoms in total. The molecule has 0 radical (unpaired) electrons. The van der Waals surface area contributed by atoms with Crippen molar-refractivity contribution < 1.29 is 9.85 Å². The topological polar surface area (TPSA) is 117 Å². The summed E-state index contributed by atoms with van der Waals surface area (Å²) in [5.41, 5.74) is -0.128. The summed E-state index contributed by atoms with van der Waals surface area (Å²) in [7, 11) is 0. The van der Waals surface area contributed by atoms with Crippen LogP contribution in [0.4, 0.5) is 11.4 Å². The Morgan fingerprint density at radius 1 is 1.21 bits per heavy atom. The van der Waals surface area contributed by atoms with Crippen LogP contribution >= 0.6 is 0 Å². The van der Waals surface area contributed by atoms with Crippen molar-refractivity contribution in [2.24, 2.45) is 0 Å². The van der Waals surface area contributed by atoms with Crippen LogP contribution in [0.3, 0.4) is 0 Å². The third kappa shape index (κ3) is 2.89. The van der Waals surface area contributed by atoms with Crippen LogP contribution in [0.1, 0.15) is 5.56 Å². The van der Waals surface area contributed by atoms with Crippen molar-refractivity contribution in [3.63, 3.8) is 0 Å². The Hall–Kier alpha value is -2.84. The molecule has 0 aliphatic carbocycles. The lowest BCUT2D eigenvalue weighted by Gasteiger charge is -2.03. The first-order valence-electron chi connectivity index (χ1n) is 5.34. The second-order valence-electron chi connectivity index (χ2n) is 3.74. The third-order valence-electron chi connectivity index (χ3n) is 2.56. The quantitative estimate of drug-likeness (QED) is 0.593. The van der Waals surface area contributed by atoms with Gasteiger partial charge in [0.1, 0.15) is 0 Å². The van der Waals surface area contributed by atoms with Crippen LogP contribution in [-0.2, 0) is 13.0 Å². The molecule has 0 aliphatic heterocycles. The zero-order valence-corrected chi connectivity index (χ0v) is 9.67. The van der Waals surface area contributed by atoms with Crippen molar-refractivity contribution in [2.45, 2.75) is 13.0 Å². The van der Waals surface area contributed by atoms with Gasteiger partial charge in [-0.25, -0.2) is 0 Å². The Labute approximate surface area is 106 Å². The zero-order chi connectivity index (χ0) is 13.8. The van der Waals surface area contributed by atoms with E-state index in [2.05, 4.69) is 10.3 Å². The smallest absolute Gasteiger partial charge is 0.258 e. The average molecular weight is 263 g/mol. The zero-order valence-electron chi connectivity index (χ0n) is 9.67. The van der Waals surface area contributed by atoms with E-state index in [9.17, 15) is 20.2 Å². The van der Waals surface area contributed by atoms with E-state index in [0.29, 0.717) is 18.5 Å². The molecular weight excluding hydrogens is 254 g/mol. The summed E-state index contributed by atoms with van der Waals surface area (Å²) >= 11 is 0. The van der Waals surface area contributed by atoms with E-state index in [-0.39, 0.29) is 11.4 Å². The predicted molar refractivity (Wildman–Crippen MR) is 63.5 cm³/mol. The van der Waals surface area contributed by atoms with Crippen LogP contribution in [0.2, 0.25) is 0 Å². The number of nitro benzene ring substituents is 2. The van der Waals surface area contributed by atoms with Gasteiger partial charge in [-0.05, 0) is 12.5 Å². The lowest BCUT2D eigenvalue weighted by atomic mass is 10.1. The first-order valence-corrected chi connectivity index (χ1v) is 5.34. The fourth-order valence-electron chi connectivity index (χ4n) is 1.63. The number of aryl methyl sites for hydroxylation is 2. The van der Waals surface area contributed by atoms with Crippen LogP contribution in [0.25, 0.3) is 0 Å². The predicted octanol–water partition coefficient (Wildman–Crippen LogP) is 1.34. The number of aromatic nitrogens is 3. The molecule has 0 bridgehead atoms. The molecule has 0 atom stereocenters. The van der Waals surface area contributed by atoms with E-state index >= 15 is 0 Å². The number of hydrogen-bond donors (Lipinski definition) is 0. The molecule has 1 aromatic carbocycles. The van der Waals surface area contributed by atoms with E-state index < -0.39 is 9.85 Å². The van der Waals surface area contributed by atoms with Gasteiger partial charge in [-0.15, -0.1) is 5.10 Å². The van der Waals surface area contributed by atoms with Crippen LogP contribution in [0.15, 0.2) is 30.6 Å². The first kappa shape index (κ1) is 12.6. The fourth-order valence-corrected chi connectivity index (χ4v) is 1.63. The molecule has 0 N–H and O–H groups in total. The molecule has 2 aromatic rings. The molecule has 1 aromatic heterocycles. The molecule has 0 saturated carbocycles. The number of nitrogens with zero attached hydrogens (tertiary/aromatic N) is 5. The van der Waals surface area contributed by atoms with E-state index in [1.807, 2.05) is 0 Å². The van der Waals surface area contributed by atoms with Gasteiger partial charge in [0.25, 0.3) is 11.4 Å². The largest absolute Gasteiger partial charge is 0.279 e. The molecule has 0 aliphatic rings. The Bertz CT molecular complexity index is 610. The summed E-state index contributed by atoms with van der Waals surface area (Å²) in [5, 5.41) is 28.9. The number of benzene rings is 1. The second-order valence-corrected chi connectivity index (χ2v) is 3.74. The molecule has 0 fully saturated rings. The van der Waals surface area contributed by atoms with Gasteiger partial charge < -0.3 is 0 Å². The summed E-state index contributed by atoms with van der Waals surface area (Å²) < 4.78 is 1.53. The van der Waals surface area contributed by atoms with Crippen molar-refractivity contribution in [3.8, 4) is 0 Å². The average Bonchev–Trinajstić information content (AvgIpc) is 2.89. The van der Waals surface area contributed by atoms with Crippen LogP contribution in [0.5, 0.6) is 0 Å². The Morgan fingerprint density at radius 3 is 2.58 bits per heavy atom. The minimum atomic E-state index is -0.659. The monoisotopic (exact) mass is 263 g/mol. The summed E-state index contributed by atoms with van der Waals surface area (Å²) in [5.74, 6) is 0. The maximum absolute atomic E-state index is 10.9. The molecule has 98 valence electrons. The van der Waals surface area contributed by atoms with Crippen LogP contribution in [-0.4, -0.2) is 24.8 Å². The number of hydrogen-bond acceptors (Lipinski definition) is 6. The maximum atomic E-state index is 10.9. The van der Waals surface area contributed by atoms with E-state index in [4.69, 9.17) is 0 Å². The molecule has 19 heavy (non-hydrogen) atoms. The highest BCUT2D eigenvalue weighted by Gasteiger charge is 2.18. The van der Waals surface area contributed by atoms with Gasteiger partial charge in [0.2, 0.25) is 0 Å². The normalized spacial score (nSPS) is 10.3. The van der Waals surface area contributed by atoms with Gasteiger partial charge in [0, 0.05) is 24.4 Å². The molecule has 1 heterocycles. The molecule has 0 unspecified atom stereocenters. The van der Waals surface area contributed by atoms with Gasteiger partial charge in [-0.3, -0.25) is 24.9 Å². The van der Waals surface area contributed by atoms with Gasteiger partial charge >= 0.3 is 0 Å². The van der Waals surface area contributed by atoms with Crippen LogP contribution < -0.4 is 0 Å². The third-order valence-corrected chi connectivity index (χ3v) is 2.56. The van der Waals surface area contributed by atoms with Gasteiger partial charge in [-0.2, -0.15) is 0 Å². The second kappa shape index (κ2) is 5.21. The first-order chi connectivity index (χ1) is 9.08. The van der Waals surface area contributed by atoms with Crippen molar-refractivity contribution in [1.82, 2.24) is 15.0 Å². The van der Waals surface area contributed by atoms with Crippen LogP contribution in [0, 0.1) is 20.2 Å². The van der Waals surface area contributed by atoms with E-state index in [1.165, 1.54) is 23.0 Å². The minimum absolute atomic E-state index is 0.255. The van der Waals surface area contributed by atoms with Gasteiger partial charge in [0.05, 0.1) is 22.1 Å². The minimum Gasteiger partial charge on any atom is -0.258 e. The highest BCUT2D eigenvalue weighted by atomic mass is 16.6. The van der Waals surface area contributed by atoms with Crippen molar-refractivity contribution >= 4 is 11.4 Å². The summed E-state index contributed by atoms with van der Waals surface area (Å²) in [4.78, 5) is 20.2. The Morgan fingerprint density at radius 2 is 2.00 bits per heavy atom. The molecule has 0 amide bonds.